The second-order valence-electron chi connectivity index (χ2n) is 4.25. The SMILES string of the molecule is CC(=NNC(=O)Nc1ccccc1)c1cccc(N)c1. The fourth-order valence-corrected chi connectivity index (χ4v) is 1.64. The summed E-state index contributed by atoms with van der Waals surface area (Å²) in [5.41, 5.74) is 11.1. The Morgan fingerprint density at radius 1 is 1.10 bits per heavy atom. The lowest BCUT2D eigenvalue weighted by Gasteiger charge is -2.05. The molecule has 5 heteroatoms. The Labute approximate surface area is 117 Å². The number of anilines is 2. The van der Waals surface area contributed by atoms with Gasteiger partial charge in [0.2, 0.25) is 0 Å². The maximum atomic E-state index is 11.7. The van der Waals surface area contributed by atoms with Gasteiger partial charge in [-0.2, -0.15) is 5.10 Å². The van der Waals surface area contributed by atoms with Crippen LogP contribution in [-0.4, -0.2) is 11.7 Å². The normalized spacial score (nSPS) is 10.9. The molecular weight excluding hydrogens is 252 g/mol. The fraction of sp³-hybridized carbons (Fsp3) is 0.0667. The molecule has 0 bridgehead atoms. The van der Waals surface area contributed by atoms with Crippen LogP contribution in [0, 0.1) is 0 Å². The van der Waals surface area contributed by atoms with E-state index in [2.05, 4.69) is 15.8 Å². The molecule has 0 unspecified atom stereocenters. The number of nitrogens with two attached hydrogens (primary N) is 1. The zero-order valence-corrected chi connectivity index (χ0v) is 11.1. The number of hydrazone groups is 1. The van der Waals surface area contributed by atoms with Crippen LogP contribution in [0.5, 0.6) is 0 Å². The zero-order chi connectivity index (χ0) is 14.4. The van der Waals surface area contributed by atoms with Crippen LogP contribution in [-0.2, 0) is 0 Å². The highest BCUT2D eigenvalue weighted by atomic mass is 16.2. The first-order valence-electron chi connectivity index (χ1n) is 6.17. The number of carbonyl (C=O) groups is 1. The van der Waals surface area contributed by atoms with Crippen LogP contribution >= 0.6 is 0 Å². The van der Waals surface area contributed by atoms with E-state index >= 15 is 0 Å². The van der Waals surface area contributed by atoms with Gasteiger partial charge in [-0.15, -0.1) is 0 Å². The summed E-state index contributed by atoms with van der Waals surface area (Å²) in [4.78, 5) is 11.7. The van der Waals surface area contributed by atoms with E-state index in [0.717, 1.165) is 5.56 Å². The monoisotopic (exact) mass is 268 g/mol. The number of hydrogen-bond acceptors (Lipinski definition) is 3. The first-order valence-corrected chi connectivity index (χ1v) is 6.17. The van der Waals surface area contributed by atoms with E-state index in [1.54, 1.807) is 31.2 Å². The fourth-order valence-electron chi connectivity index (χ4n) is 1.64. The van der Waals surface area contributed by atoms with E-state index in [0.29, 0.717) is 17.1 Å². The second kappa shape index (κ2) is 6.38. The Kier molecular flexibility index (Phi) is 4.34. The summed E-state index contributed by atoms with van der Waals surface area (Å²) in [5.74, 6) is 0. The standard InChI is InChI=1S/C15H16N4O/c1-11(12-6-5-7-13(16)10-12)18-19-15(20)17-14-8-3-2-4-9-14/h2-10H,16H2,1H3,(H2,17,19,20). The maximum absolute atomic E-state index is 11.7. The van der Waals surface area contributed by atoms with Gasteiger partial charge in [0.15, 0.2) is 0 Å². The average Bonchev–Trinajstić information content (AvgIpc) is 2.46. The molecule has 2 aromatic carbocycles. The lowest BCUT2D eigenvalue weighted by atomic mass is 10.1. The van der Waals surface area contributed by atoms with Gasteiger partial charge >= 0.3 is 6.03 Å². The van der Waals surface area contributed by atoms with Crippen LogP contribution < -0.4 is 16.5 Å². The Bertz CT molecular complexity index is 623. The second-order valence-corrected chi connectivity index (χ2v) is 4.25. The van der Waals surface area contributed by atoms with E-state index in [1.807, 2.05) is 30.3 Å². The minimum Gasteiger partial charge on any atom is -0.399 e. The molecule has 0 aliphatic carbocycles. The third-order valence-electron chi connectivity index (χ3n) is 2.66. The Balaban J connectivity index is 1.97. The van der Waals surface area contributed by atoms with Gasteiger partial charge in [-0.25, -0.2) is 10.2 Å². The summed E-state index contributed by atoms with van der Waals surface area (Å²) in [6.07, 6.45) is 0. The molecule has 102 valence electrons. The van der Waals surface area contributed by atoms with E-state index < -0.39 is 0 Å². The topological polar surface area (TPSA) is 79.5 Å². The van der Waals surface area contributed by atoms with Gasteiger partial charge in [0, 0.05) is 11.4 Å². The molecule has 5 nitrogen and oxygen atoms in total. The third kappa shape index (κ3) is 3.84. The molecule has 0 saturated carbocycles. The molecule has 4 N–H and O–H groups in total. The zero-order valence-electron chi connectivity index (χ0n) is 11.1. The number of urea groups is 1. The number of carbonyl (C=O) groups excluding carboxylic acids is 1. The molecule has 2 aromatic rings. The van der Waals surface area contributed by atoms with Crippen molar-refractivity contribution in [3.63, 3.8) is 0 Å². The number of rotatable bonds is 3. The molecule has 0 fully saturated rings. The molecule has 0 aliphatic heterocycles. The Morgan fingerprint density at radius 2 is 1.85 bits per heavy atom. The highest BCUT2D eigenvalue weighted by Gasteiger charge is 2.01. The first kappa shape index (κ1) is 13.6. The number of nitrogen functional groups attached to an aromatic ring is 1. The highest BCUT2D eigenvalue weighted by Crippen LogP contribution is 2.07. The summed E-state index contributed by atoms with van der Waals surface area (Å²) in [5, 5.41) is 6.71. The van der Waals surface area contributed by atoms with Crippen LogP contribution in [0.2, 0.25) is 0 Å². The molecule has 2 rings (SSSR count). The van der Waals surface area contributed by atoms with Crippen molar-refractivity contribution >= 4 is 23.1 Å². The van der Waals surface area contributed by atoms with Gasteiger partial charge in [0.1, 0.15) is 0 Å². The number of amides is 2. The third-order valence-corrected chi connectivity index (χ3v) is 2.66. The van der Waals surface area contributed by atoms with Crippen molar-refractivity contribution in [1.29, 1.82) is 0 Å². The number of benzene rings is 2. The minimum atomic E-state index is -0.389. The van der Waals surface area contributed by atoms with Crippen molar-refractivity contribution in [3.8, 4) is 0 Å². The molecule has 0 heterocycles. The van der Waals surface area contributed by atoms with E-state index in [-0.39, 0.29) is 6.03 Å². The van der Waals surface area contributed by atoms with E-state index in [1.165, 1.54) is 0 Å². The van der Waals surface area contributed by atoms with Gasteiger partial charge in [0.25, 0.3) is 0 Å². The molecule has 0 atom stereocenters. The van der Waals surface area contributed by atoms with Crippen molar-refractivity contribution in [2.45, 2.75) is 6.92 Å². The van der Waals surface area contributed by atoms with Crippen molar-refractivity contribution in [2.75, 3.05) is 11.1 Å². The first-order chi connectivity index (χ1) is 9.65. The highest BCUT2D eigenvalue weighted by molar-refractivity contribution is 6.00. The molecule has 0 aliphatic rings. The van der Waals surface area contributed by atoms with Crippen molar-refractivity contribution < 1.29 is 4.79 Å². The van der Waals surface area contributed by atoms with Crippen LogP contribution in [0.3, 0.4) is 0 Å². The summed E-state index contributed by atoms with van der Waals surface area (Å²) >= 11 is 0. The molecule has 0 radical (unpaired) electrons. The molecule has 0 saturated heterocycles. The van der Waals surface area contributed by atoms with Crippen LogP contribution in [0.4, 0.5) is 16.2 Å². The lowest BCUT2D eigenvalue weighted by Crippen LogP contribution is -2.25. The molecular formula is C15H16N4O. The van der Waals surface area contributed by atoms with E-state index in [4.69, 9.17) is 5.73 Å². The van der Waals surface area contributed by atoms with Crippen molar-refractivity contribution in [1.82, 2.24) is 5.43 Å². The maximum Gasteiger partial charge on any atom is 0.339 e. The molecule has 0 aromatic heterocycles. The molecule has 0 spiro atoms. The van der Waals surface area contributed by atoms with Crippen LogP contribution in [0.25, 0.3) is 0 Å². The minimum absolute atomic E-state index is 0.389. The van der Waals surface area contributed by atoms with Crippen molar-refractivity contribution in [3.05, 3.63) is 60.2 Å². The summed E-state index contributed by atoms with van der Waals surface area (Å²) < 4.78 is 0. The quantitative estimate of drug-likeness (QED) is 0.454. The van der Waals surface area contributed by atoms with Gasteiger partial charge in [0.05, 0.1) is 5.71 Å². The van der Waals surface area contributed by atoms with E-state index in [9.17, 15) is 4.79 Å². The van der Waals surface area contributed by atoms with Gasteiger partial charge in [-0.1, -0.05) is 30.3 Å². The summed E-state index contributed by atoms with van der Waals surface area (Å²) in [7, 11) is 0. The Hall–Kier alpha value is -2.82. The predicted molar refractivity (Wildman–Crippen MR) is 81.7 cm³/mol. The van der Waals surface area contributed by atoms with Gasteiger partial charge in [-0.05, 0) is 36.8 Å². The van der Waals surface area contributed by atoms with Crippen LogP contribution in [0.1, 0.15) is 12.5 Å². The van der Waals surface area contributed by atoms with Crippen LogP contribution in [0.15, 0.2) is 59.7 Å². The number of hydrogen-bond donors (Lipinski definition) is 3. The Morgan fingerprint density at radius 3 is 2.55 bits per heavy atom. The summed E-state index contributed by atoms with van der Waals surface area (Å²) in [6, 6.07) is 16.1. The van der Waals surface area contributed by atoms with Gasteiger partial charge in [-0.3, -0.25) is 0 Å². The number of para-hydroxylation sites is 1. The molecule has 20 heavy (non-hydrogen) atoms. The smallest absolute Gasteiger partial charge is 0.339 e. The largest absolute Gasteiger partial charge is 0.399 e. The number of nitrogens with zero attached hydrogens (tertiary/aromatic N) is 1. The van der Waals surface area contributed by atoms with Crippen molar-refractivity contribution in [2.24, 2.45) is 5.10 Å². The average molecular weight is 268 g/mol. The lowest BCUT2D eigenvalue weighted by molar-refractivity contribution is 0.252. The summed E-state index contributed by atoms with van der Waals surface area (Å²) in [6.45, 7) is 1.80. The van der Waals surface area contributed by atoms with Gasteiger partial charge < -0.3 is 11.1 Å². The number of nitrogens with one attached hydrogen (secondary N) is 2. The predicted octanol–water partition coefficient (Wildman–Crippen LogP) is 2.81. The molecule has 2 amide bonds.